The lowest BCUT2D eigenvalue weighted by Gasteiger charge is -2.27. The van der Waals surface area contributed by atoms with Gasteiger partial charge < -0.3 is 23.7 Å². The van der Waals surface area contributed by atoms with Gasteiger partial charge in [-0.25, -0.2) is 0 Å². The molecule has 4 aromatic rings. The second-order valence-electron chi connectivity index (χ2n) is 8.77. The summed E-state index contributed by atoms with van der Waals surface area (Å²) < 4.78 is 16.4. The average molecular weight is 485 g/mol. The summed E-state index contributed by atoms with van der Waals surface area (Å²) >= 11 is 0. The fourth-order valence-corrected chi connectivity index (χ4v) is 4.45. The summed E-state index contributed by atoms with van der Waals surface area (Å²) in [4.78, 5) is 30.6. The molecule has 0 atom stereocenters. The Balaban J connectivity index is 1.39. The number of fused-ring (bicyclic) bond motifs is 2. The third-order valence-corrected chi connectivity index (χ3v) is 6.22. The fourth-order valence-electron chi connectivity index (χ4n) is 4.45. The third-order valence-electron chi connectivity index (χ3n) is 6.22. The van der Waals surface area contributed by atoms with Gasteiger partial charge in [0.05, 0.1) is 12.8 Å². The Morgan fingerprint density at radius 3 is 2.53 bits per heavy atom. The molecule has 0 aliphatic carbocycles. The van der Waals surface area contributed by atoms with E-state index in [1.54, 1.807) is 22.1 Å². The van der Waals surface area contributed by atoms with Crippen LogP contribution in [0.2, 0.25) is 0 Å². The molecule has 7 heteroatoms. The normalized spacial score (nSPS) is 12.0. The number of benzene rings is 3. The molecule has 2 heterocycles. The Kier molecular flexibility index (Phi) is 6.89. The minimum atomic E-state index is -0.161. The van der Waals surface area contributed by atoms with Crippen LogP contribution in [-0.4, -0.2) is 41.5 Å². The van der Waals surface area contributed by atoms with Crippen LogP contribution < -0.4 is 9.47 Å². The summed E-state index contributed by atoms with van der Waals surface area (Å²) in [6, 6.07) is 22.8. The molecule has 3 aromatic carbocycles. The number of rotatable bonds is 9. The minimum Gasteiger partial charge on any atom is -0.467 e. The van der Waals surface area contributed by atoms with Crippen LogP contribution in [0.1, 0.15) is 35.0 Å². The molecule has 1 aromatic heterocycles. The van der Waals surface area contributed by atoms with Gasteiger partial charge >= 0.3 is 0 Å². The first-order valence-electron chi connectivity index (χ1n) is 12.1. The zero-order valence-corrected chi connectivity index (χ0v) is 20.2. The molecule has 0 N–H and O–H groups in total. The SMILES string of the molecule is CCCN(CC(=O)N(Cc1ccc2c(c1)OCO2)Cc1ccco1)C(=O)c1cccc2ccccc12. The van der Waals surface area contributed by atoms with E-state index in [1.165, 1.54) is 0 Å². The van der Waals surface area contributed by atoms with E-state index < -0.39 is 0 Å². The van der Waals surface area contributed by atoms with Crippen LogP contribution >= 0.6 is 0 Å². The highest BCUT2D eigenvalue weighted by atomic mass is 16.7. The molecule has 36 heavy (non-hydrogen) atoms. The van der Waals surface area contributed by atoms with Crippen molar-refractivity contribution in [3.05, 3.63) is 95.9 Å². The van der Waals surface area contributed by atoms with Gasteiger partial charge in [0.1, 0.15) is 12.3 Å². The average Bonchev–Trinajstić information content (AvgIpc) is 3.59. The maximum Gasteiger partial charge on any atom is 0.254 e. The Morgan fingerprint density at radius 2 is 1.69 bits per heavy atom. The van der Waals surface area contributed by atoms with E-state index in [0.717, 1.165) is 22.8 Å². The number of ether oxygens (including phenoxy) is 2. The third kappa shape index (κ3) is 5.05. The summed E-state index contributed by atoms with van der Waals surface area (Å²) in [6.07, 6.45) is 2.33. The smallest absolute Gasteiger partial charge is 0.254 e. The van der Waals surface area contributed by atoms with Gasteiger partial charge in [0, 0.05) is 18.7 Å². The van der Waals surface area contributed by atoms with Crippen molar-refractivity contribution in [3.8, 4) is 11.5 Å². The molecule has 0 spiro atoms. The van der Waals surface area contributed by atoms with Crippen molar-refractivity contribution in [2.24, 2.45) is 0 Å². The lowest BCUT2D eigenvalue weighted by atomic mass is 10.0. The largest absolute Gasteiger partial charge is 0.467 e. The molecule has 2 amide bonds. The second kappa shape index (κ2) is 10.6. The number of carbonyl (C=O) groups is 2. The van der Waals surface area contributed by atoms with Gasteiger partial charge in [-0.15, -0.1) is 0 Å². The topological polar surface area (TPSA) is 72.2 Å². The van der Waals surface area contributed by atoms with Crippen LogP contribution in [0.3, 0.4) is 0 Å². The van der Waals surface area contributed by atoms with Crippen molar-refractivity contribution >= 4 is 22.6 Å². The summed E-state index contributed by atoms with van der Waals surface area (Å²) in [7, 11) is 0. The summed E-state index contributed by atoms with van der Waals surface area (Å²) in [5.74, 6) is 1.72. The first-order valence-corrected chi connectivity index (χ1v) is 12.1. The molecule has 7 nitrogen and oxygen atoms in total. The van der Waals surface area contributed by atoms with Gasteiger partial charge in [-0.05, 0) is 53.1 Å². The van der Waals surface area contributed by atoms with Crippen LogP contribution in [0.25, 0.3) is 10.8 Å². The lowest BCUT2D eigenvalue weighted by Crippen LogP contribution is -2.42. The summed E-state index contributed by atoms with van der Waals surface area (Å²) in [5, 5.41) is 1.87. The van der Waals surface area contributed by atoms with E-state index in [2.05, 4.69) is 0 Å². The summed E-state index contributed by atoms with van der Waals surface area (Å²) in [5.41, 5.74) is 1.50. The second-order valence-corrected chi connectivity index (χ2v) is 8.77. The molecule has 0 bridgehead atoms. The molecule has 5 rings (SSSR count). The number of hydrogen-bond acceptors (Lipinski definition) is 5. The molecule has 0 radical (unpaired) electrons. The maximum atomic E-state index is 13.6. The first-order chi connectivity index (χ1) is 17.6. The van der Waals surface area contributed by atoms with Gasteiger partial charge in [-0.2, -0.15) is 0 Å². The van der Waals surface area contributed by atoms with E-state index in [0.29, 0.717) is 42.5 Å². The van der Waals surface area contributed by atoms with Gasteiger partial charge in [0.2, 0.25) is 12.7 Å². The van der Waals surface area contributed by atoms with Crippen molar-refractivity contribution < 1.29 is 23.5 Å². The lowest BCUT2D eigenvalue weighted by molar-refractivity contribution is -0.133. The van der Waals surface area contributed by atoms with Crippen LogP contribution in [0.5, 0.6) is 11.5 Å². The standard InChI is InChI=1S/C29H28N2O5/c1-2-14-30(29(33)25-11-5-8-22-7-3-4-10-24(22)25)19-28(32)31(18-23-9-6-15-34-23)17-21-12-13-26-27(16-21)36-20-35-26/h3-13,15-16H,2,14,17-20H2,1H3. The van der Waals surface area contributed by atoms with Crippen LogP contribution in [0.15, 0.2) is 83.5 Å². The number of carbonyl (C=O) groups excluding carboxylic acids is 2. The van der Waals surface area contributed by atoms with Crippen LogP contribution in [-0.2, 0) is 17.9 Å². The first kappa shape index (κ1) is 23.5. The van der Waals surface area contributed by atoms with Gasteiger partial charge in [-0.1, -0.05) is 49.4 Å². The Morgan fingerprint density at radius 1 is 0.861 bits per heavy atom. The minimum absolute atomic E-state index is 0.0266. The van der Waals surface area contributed by atoms with E-state index in [1.807, 2.05) is 73.7 Å². The maximum absolute atomic E-state index is 13.6. The predicted molar refractivity (Wildman–Crippen MR) is 136 cm³/mol. The van der Waals surface area contributed by atoms with Crippen molar-refractivity contribution in [1.29, 1.82) is 0 Å². The Bertz CT molecular complexity index is 1360. The molecule has 0 unspecified atom stereocenters. The van der Waals surface area contributed by atoms with Crippen LogP contribution in [0.4, 0.5) is 0 Å². The Hall–Kier alpha value is -4.26. The summed E-state index contributed by atoms with van der Waals surface area (Å²) in [6.45, 7) is 3.28. The monoisotopic (exact) mass is 484 g/mol. The van der Waals surface area contributed by atoms with E-state index in [9.17, 15) is 9.59 Å². The van der Waals surface area contributed by atoms with Crippen molar-refractivity contribution in [1.82, 2.24) is 9.80 Å². The highest BCUT2D eigenvalue weighted by Gasteiger charge is 2.24. The Labute approximate surface area is 209 Å². The highest BCUT2D eigenvalue weighted by Crippen LogP contribution is 2.33. The van der Waals surface area contributed by atoms with E-state index >= 15 is 0 Å². The molecule has 0 saturated carbocycles. The molecular formula is C29H28N2O5. The molecular weight excluding hydrogens is 456 g/mol. The highest BCUT2D eigenvalue weighted by molar-refractivity contribution is 6.07. The zero-order chi connectivity index (χ0) is 24.9. The quantitative estimate of drug-likeness (QED) is 0.325. The van der Waals surface area contributed by atoms with Gasteiger partial charge in [0.25, 0.3) is 5.91 Å². The molecule has 1 aliphatic heterocycles. The molecule has 184 valence electrons. The fraction of sp³-hybridized carbons (Fsp3) is 0.241. The van der Waals surface area contributed by atoms with E-state index in [-0.39, 0.29) is 25.2 Å². The number of hydrogen-bond donors (Lipinski definition) is 0. The number of furan rings is 1. The van der Waals surface area contributed by atoms with Crippen molar-refractivity contribution in [2.45, 2.75) is 26.4 Å². The molecule has 0 saturated heterocycles. The number of amides is 2. The van der Waals surface area contributed by atoms with E-state index in [4.69, 9.17) is 13.9 Å². The molecule has 0 fully saturated rings. The number of nitrogens with zero attached hydrogens (tertiary/aromatic N) is 2. The van der Waals surface area contributed by atoms with Crippen LogP contribution in [0, 0.1) is 0 Å². The van der Waals surface area contributed by atoms with Gasteiger partial charge in [-0.3, -0.25) is 9.59 Å². The van der Waals surface area contributed by atoms with Gasteiger partial charge in [0.15, 0.2) is 11.5 Å². The zero-order valence-electron chi connectivity index (χ0n) is 20.2. The van der Waals surface area contributed by atoms with Crippen molar-refractivity contribution in [3.63, 3.8) is 0 Å². The molecule has 1 aliphatic rings. The van der Waals surface area contributed by atoms with Crippen molar-refractivity contribution in [2.75, 3.05) is 19.9 Å². The predicted octanol–water partition coefficient (Wildman–Crippen LogP) is 5.24.